The van der Waals surface area contributed by atoms with E-state index in [0.29, 0.717) is 11.6 Å². The zero-order valence-corrected chi connectivity index (χ0v) is 13.8. The third-order valence-electron chi connectivity index (χ3n) is 6.71. The molecule has 5 aliphatic rings. The van der Waals surface area contributed by atoms with E-state index in [1.807, 2.05) is 30.3 Å². The second-order valence-electron chi connectivity index (χ2n) is 7.76. The summed E-state index contributed by atoms with van der Waals surface area (Å²) in [5, 5.41) is 0. The lowest BCUT2D eigenvalue weighted by atomic mass is 9.52. The van der Waals surface area contributed by atoms with Gasteiger partial charge < -0.3 is 0 Å². The normalized spacial score (nSPS) is 33.9. The van der Waals surface area contributed by atoms with Gasteiger partial charge in [-0.3, -0.25) is 0 Å². The van der Waals surface area contributed by atoms with Gasteiger partial charge >= 0.3 is 11.4 Å². The first kappa shape index (κ1) is 13.7. The van der Waals surface area contributed by atoms with Crippen molar-refractivity contribution < 1.29 is 0 Å². The first-order valence-corrected chi connectivity index (χ1v) is 9.14. The number of nitrogens with zero attached hydrogens (tertiary/aromatic N) is 3. The molecule has 0 radical (unpaired) electrons. The van der Waals surface area contributed by atoms with Gasteiger partial charge in [-0.2, -0.15) is 0 Å². The molecule has 0 N–H and O–H groups in total. The SMILES string of the molecule is O=c1n(-c2ccccc2)c(=O)n2n1[C@H]1C=C[C@@H]2[C@]23C=C(CCCC2)[C@H]13. The Morgan fingerprint density at radius 1 is 0.960 bits per heavy atom. The van der Waals surface area contributed by atoms with E-state index in [1.165, 1.54) is 23.0 Å². The molecule has 1 aromatic carbocycles. The molecule has 1 spiro atoms. The van der Waals surface area contributed by atoms with Gasteiger partial charge in [-0.15, -0.1) is 0 Å². The summed E-state index contributed by atoms with van der Waals surface area (Å²) in [5.41, 5.74) is 1.76. The fourth-order valence-corrected chi connectivity index (χ4v) is 5.78. The molecule has 126 valence electrons. The Balaban J connectivity index is 1.63. The summed E-state index contributed by atoms with van der Waals surface area (Å²) in [5.74, 6) is 0.397. The average Bonchev–Trinajstić information content (AvgIpc) is 2.81. The molecule has 1 aromatic heterocycles. The Morgan fingerprint density at radius 2 is 1.76 bits per heavy atom. The van der Waals surface area contributed by atoms with E-state index in [9.17, 15) is 9.59 Å². The highest BCUT2D eigenvalue weighted by atomic mass is 16.2. The first-order chi connectivity index (χ1) is 12.2. The molecule has 3 heterocycles. The lowest BCUT2D eigenvalue weighted by Gasteiger charge is -2.59. The number of para-hydroxylation sites is 1. The zero-order chi connectivity index (χ0) is 16.8. The number of hydrogen-bond acceptors (Lipinski definition) is 2. The largest absolute Gasteiger partial charge is 0.352 e. The molecule has 4 atom stereocenters. The minimum Gasteiger partial charge on any atom is -0.245 e. The second-order valence-corrected chi connectivity index (χ2v) is 7.76. The van der Waals surface area contributed by atoms with Crippen LogP contribution >= 0.6 is 0 Å². The van der Waals surface area contributed by atoms with Crippen LogP contribution in [0.2, 0.25) is 0 Å². The molecular weight excluding hydrogens is 314 g/mol. The van der Waals surface area contributed by atoms with Crippen molar-refractivity contribution in [3.63, 3.8) is 0 Å². The summed E-state index contributed by atoms with van der Waals surface area (Å²) >= 11 is 0. The van der Waals surface area contributed by atoms with Gasteiger partial charge in [0.05, 0.1) is 17.8 Å². The molecular formula is C20H19N3O2. The predicted molar refractivity (Wildman–Crippen MR) is 94.0 cm³/mol. The van der Waals surface area contributed by atoms with Crippen molar-refractivity contribution in [2.24, 2.45) is 11.3 Å². The van der Waals surface area contributed by atoms with Gasteiger partial charge in [0.1, 0.15) is 0 Å². The summed E-state index contributed by atoms with van der Waals surface area (Å²) < 4.78 is 4.78. The van der Waals surface area contributed by atoms with Crippen molar-refractivity contribution in [2.75, 3.05) is 0 Å². The van der Waals surface area contributed by atoms with Gasteiger partial charge in [0.25, 0.3) is 0 Å². The Kier molecular flexibility index (Phi) is 2.38. The van der Waals surface area contributed by atoms with Gasteiger partial charge in [0, 0.05) is 11.3 Å². The van der Waals surface area contributed by atoms with Crippen molar-refractivity contribution in [1.29, 1.82) is 0 Å². The van der Waals surface area contributed by atoms with Crippen LogP contribution < -0.4 is 11.4 Å². The lowest BCUT2D eigenvalue weighted by Crippen LogP contribution is -2.58. The molecule has 0 saturated heterocycles. The molecule has 0 amide bonds. The molecule has 7 rings (SSSR count). The zero-order valence-electron chi connectivity index (χ0n) is 13.8. The summed E-state index contributed by atoms with van der Waals surface area (Å²) in [6.07, 6.45) is 11.4. The van der Waals surface area contributed by atoms with E-state index in [1.54, 1.807) is 9.36 Å². The Bertz CT molecular complexity index is 1070. The van der Waals surface area contributed by atoms with Gasteiger partial charge in [-0.25, -0.2) is 23.5 Å². The summed E-state index contributed by atoms with van der Waals surface area (Å²) in [6.45, 7) is 0. The maximum absolute atomic E-state index is 13.2. The molecule has 0 saturated carbocycles. The molecule has 0 unspecified atom stereocenters. The van der Waals surface area contributed by atoms with Crippen LogP contribution in [0.3, 0.4) is 0 Å². The Labute approximate surface area is 144 Å². The van der Waals surface area contributed by atoms with Crippen LogP contribution in [0.15, 0.2) is 63.7 Å². The van der Waals surface area contributed by atoms with Gasteiger partial charge in [0.2, 0.25) is 0 Å². The van der Waals surface area contributed by atoms with Crippen LogP contribution in [0.5, 0.6) is 0 Å². The van der Waals surface area contributed by atoms with Crippen LogP contribution in [0.4, 0.5) is 0 Å². The maximum Gasteiger partial charge on any atom is 0.352 e. The van der Waals surface area contributed by atoms with Gasteiger partial charge in [-0.05, 0) is 31.4 Å². The van der Waals surface area contributed by atoms with Crippen molar-refractivity contribution in [3.05, 3.63) is 75.1 Å². The lowest BCUT2D eigenvalue weighted by molar-refractivity contribution is 0.0251. The van der Waals surface area contributed by atoms with E-state index in [-0.39, 0.29) is 28.9 Å². The van der Waals surface area contributed by atoms with E-state index < -0.39 is 0 Å². The monoisotopic (exact) mass is 333 g/mol. The molecule has 2 aliphatic heterocycles. The molecule has 2 aromatic rings. The molecule has 25 heavy (non-hydrogen) atoms. The molecule has 4 bridgehead atoms. The summed E-state index contributed by atoms with van der Waals surface area (Å²) in [6, 6.07) is 9.20. The summed E-state index contributed by atoms with van der Waals surface area (Å²) in [4.78, 5) is 26.4. The highest BCUT2D eigenvalue weighted by Crippen LogP contribution is 2.66. The topological polar surface area (TPSA) is 48.9 Å². The molecule has 5 nitrogen and oxygen atoms in total. The second kappa shape index (κ2) is 4.34. The minimum atomic E-state index is -0.213. The van der Waals surface area contributed by atoms with E-state index in [4.69, 9.17) is 0 Å². The fourth-order valence-electron chi connectivity index (χ4n) is 5.78. The van der Waals surface area contributed by atoms with Crippen LogP contribution in [0.25, 0.3) is 5.69 Å². The van der Waals surface area contributed by atoms with Crippen LogP contribution in [0, 0.1) is 11.3 Å². The van der Waals surface area contributed by atoms with E-state index in [2.05, 4.69) is 18.2 Å². The van der Waals surface area contributed by atoms with Gasteiger partial charge in [-0.1, -0.05) is 48.4 Å². The van der Waals surface area contributed by atoms with E-state index in [0.717, 1.165) is 12.8 Å². The third-order valence-corrected chi connectivity index (χ3v) is 6.71. The Hall–Kier alpha value is -2.56. The number of rotatable bonds is 1. The van der Waals surface area contributed by atoms with Gasteiger partial charge in [0.15, 0.2) is 0 Å². The first-order valence-electron chi connectivity index (χ1n) is 9.14. The van der Waals surface area contributed by atoms with Crippen LogP contribution in [-0.2, 0) is 0 Å². The molecule has 0 fully saturated rings. The standard InChI is InChI=1S/C20H19N3O2/c24-18-21(14-7-2-1-3-8-14)19(25)23-16-10-9-15(22(18)23)17-13-6-4-5-11-20(16,17)12-13/h1-3,7-10,12,15-17H,4-6,11H2/t15-,16+,17+,20+/m0/s1. The Morgan fingerprint density at radius 3 is 2.60 bits per heavy atom. The molecule has 3 aliphatic carbocycles. The maximum atomic E-state index is 13.2. The van der Waals surface area contributed by atoms with E-state index >= 15 is 0 Å². The van der Waals surface area contributed by atoms with Crippen molar-refractivity contribution in [3.8, 4) is 5.69 Å². The summed E-state index contributed by atoms with van der Waals surface area (Å²) in [7, 11) is 0. The average molecular weight is 333 g/mol. The highest BCUT2D eigenvalue weighted by Gasteiger charge is 2.61. The van der Waals surface area contributed by atoms with Crippen LogP contribution in [-0.4, -0.2) is 13.9 Å². The van der Waals surface area contributed by atoms with Crippen molar-refractivity contribution in [2.45, 2.75) is 37.8 Å². The van der Waals surface area contributed by atoms with Crippen LogP contribution in [0.1, 0.15) is 37.8 Å². The highest BCUT2D eigenvalue weighted by molar-refractivity contribution is 5.41. The number of hydrogen-bond donors (Lipinski definition) is 0. The minimum absolute atomic E-state index is 0.0201. The fraction of sp³-hybridized carbons (Fsp3) is 0.400. The number of allylic oxidation sites excluding steroid dienone is 4. The van der Waals surface area contributed by atoms with Crippen molar-refractivity contribution >= 4 is 0 Å². The number of aromatic nitrogens is 3. The predicted octanol–water partition coefficient (Wildman–Crippen LogP) is 2.58. The quantitative estimate of drug-likeness (QED) is 0.753. The van der Waals surface area contributed by atoms with Crippen molar-refractivity contribution in [1.82, 2.24) is 13.9 Å². The molecule has 5 heteroatoms. The smallest absolute Gasteiger partial charge is 0.245 e. The third kappa shape index (κ3) is 1.42. The number of benzene rings is 1.